The van der Waals surface area contributed by atoms with E-state index in [9.17, 15) is 5.11 Å². The van der Waals surface area contributed by atoms with Crippen molar-refractivity contribution in [3.05, 3.63) is 11.1 Å². The highest BCUT2D eigenvalue weighted by molar-refractivity contribution is 5.29. The Labute approximate surface area is 165 Å². The smallest absolute Gasteiger partial charge is 0.171 e. The third-order valence-electron chi connectivity index (χ3n) is 9.42. The molecule has 4 rings (SSSR count). The standard InChI is InChI=1S/C24H40O3/c1-6-16-13-23(3)20(15(2)25)9-10-21(23)19-8-7-17-14-24(26-4,27-5)12-11-18(17)22(16)19/h15-16,19-22,25H,6-14H2,1-5H3/t15-,16-,19-,20-,21+,22+,23+/m0/s1. The molecule has 0 amide bonds. The van der Waals surface area contributed by atoms with E-state index in [0.29, 0.717) is 11.3 Å². The van der Waals surface area contributed by atoms with Crippen LogP contribution in [0, 0.1) is 35.0 Å². The largest absolute Gasteiger partial charge is 0.393 e. The molecule has 27 heavy (non-hydrogen) atoms. The molecular formula is C24H40O3. The normalized spacial score (nSPS) is 44.4. The molecular weight excluding hydrogens is 336 g/mol. The summed E-state index contributed by atoms with van der Waals surface area (Å²) in [6.45, 7) is 6.94. The molecule has 0 radical (unpaired) electrons. The molecule has 0 aromatic heterocycles. The van der Waals surface area contributed by atoms with Gasteiger partial charge >= 0.3 is 0 Å². The Morgan fingerprint density at radius 1 is 1.15 bits per heavy atom. The second-order valence-corrected chi connectivity index (χ2v) is 10.3. The summed E-state index contributed by atoms with van der Waals surface area (Å²) >= 11 is 0. The highest BCUT2D eigenvalue weighted by Crippen LogP contribution is 2.66. The number of ether oxygens (including phenoxy) is 2. The van der Waals surface area contributed by atoms with Crippen molar-refractivity contribution in [2.24, 2.45) is 35.0 Å². The van der Waals surface area contributed by atoms with Gasteiger partial charge in [0.25, 0.3) is 0 Å². The predicted molar refractivity (Wildman–Crippen MR) is 108 cm³/mol. The van der Waals surface area contributed by atoms with Crippen molar-refractivity contribution in [2.75, 3.05) is 14.2 Å². The maximum atomic E-state index is 10.5. The SMILES string of the molecule is CC[C@H]1C[C@@]2(C)[C@H](CC[C@H]2[C@H](C)O)[C@@H]2CCC3=C(CCC(OC)(OC)C3)[C@@H]12. The third kappa shape index (κ3) is 2.95. The number of hydrogen-bond acceptors (Lipinski definition) is 3. The van der Waals surface area contributed by atoms with Gasteiger partial charge in [-0.05, 0) is 80.5 Å². The maximum absolute atomic E-state index is 10.5. The molecule has 1 N–H and O–H groups in total. The second-order valence-electron chi connectivity index (χ2n) is 10.3. The van der Waals surface area contributed by atoms with Gasteiger partial charge in [0.2, 0.25) is 0 Å². The molecule has 0 aromatic rings. The first-order valence-electron chi connectivity index (χ1n) is 11.4. The van der Waals surface area contributed by atoms with Gasteiger partial charge in [-0.1, -0.05) is 31.4 Å². The first-order chi connectivity index (χ1) is 12.9. The number of fused-ring (bicyclic) bond motifs is 4. The second kappa shape index (κ2) is 7.15. The van der Waals surface area contributed by atoms with Gasteiger partial charge in [0.15, 0.2) is 5.79 Å². The van der Waals surface area contributed by atoms with Crippen molar-refractivity contribution in [3.8, 4) is 0 Å². The molecule has 2 saturated carbocycles. The number of aliphatic hydroxyl groups is 1. The average molecular weight is 377 g/mol. The lowest BCUT2D eigenvalue weighted by Crippen LogP contribution is -2.50. The summed E-state index contributed by atoms with van der Waals surface area (Å²) in [7, 11) is 3.60. The van der Waals surface area contributed by atoms with E-state index in [-0.39, 0.29) is 11.9 Å². The first kappa shape index (κ1) is 19.9. The number of rotatable bonds is 4. The Kier molecular flexibility index (Phi) is 5.27. The van der Waals surface area contributed by atoms with Crippen LogP contribution in [-0.2, 0) is 9.47 Å². The topological polar surface area (TPSA) is 38.7 Å². The summed E-state index contributed by atoms with van der Waals surface area (Å²) in [5.74, 6) is 3.29. The molecule has 0 saturated heterocycles. The quantitative estimate of drug-likeness (QED) is 0.533. The van der Waals surface area contributed by atoms with E-state index >= 15 is 0 Å². The summed E-state index contributed by atoms with van der Waals surface area (Å²) in [4.78, 5) is 0. The van der Waals surface area contributed by atoms with Crippen LogP contribution < -0.4 is 0 Å². The highest BCUT2D eigenvalue weighted by Gasteiger charge is 2.59. The van der Waals surface area contributed by atoms with Gasteiger partial charge in [-0.15, -0.1) is 0 Å². The molecule has 7 atom stereocenters. The number of hydrogen-bond donors (Lipinski definition) is 1. The Hall–Kier alpha value is -0.380. The lowest BCUT2D eigenvalue weighted by atomic mass is 9.49. The van der Waals surface area contributed by atoms with Gasteiger partial charge in [0.1, 0.15) is 0 Å². The van der Waals surface area contributed by atoms with Crippen molar-refractivity contribution >= 4 is 0 Å². The van der Waals surface area contributed by atoms with Crippen LogP contribution >= 0.6 is 0 Å². The molecule has 0 heterocycles. The molecule has 3 heteroatoms. The van der Waals surface area contributed by atoms with E-state index < -0.39 is 0 Å². The Morgan fingerprint density at radius 3 is 2.52 bits per heavy atom. The fourth-order valence-electron chi connectivity index (χ4n) is 8.16. The summed E-state index contributed by atoms with van der Waals surface area (Å²) in [6, 6.07) is 0. The third-order valence-corrected chi connectivity index (χ3v) is 9.42. The zero-order valence-electron chi connectivity index (χ0n) is 18.1. The van der Waals surface area contributed by atoms with Crippen molar-refractivity contribution in [1.82, 2.24) is 0 Å². The Balaban J connectivity index is 1.67. The fourth-order valence-corrected chi connectivity index (χ4v) is 8.16. The van der Waals surface area contributed by atoms with E-state index in [1.165, 1.54) is 38.5 Å². The van der Waals surface area contributed by atoms with Gasteiger partial charge in [-0.2, -0.15) is 0 Å². The van der Waals surface area contributed by atoms with Crippen molar-refractivity contribution in [2.45, 2.75) is 90.4 Å². The lowest BCUT2D eigenvalue weighted by Gasteiger charge is -2.56. The summed E-state index contributed by atoms with van der Waals surface area (Å²) in [5.41, 5.74) is 3.77. The minimum atomic E-state index is -0.388. The zero-order valence-corrected chi connectivity index (χ0v) is 18.1. The van der Waals surface area contributed by atoms with Gasteiger partial charge in [-0.3, -0.25) is 0 Å². The minimum Gasteiger partial charge on any atom is -0.393 e. The molecule has 0 bridgehead atoms. The van der Waals surface area contributed by atoms with Crippen molar-refractivity contribution in [1.29, 1.82) is 0 Å². The molecule has 0 spiro atoms. The zero-order chi connectivity index (χ0) is 19.4. The van der Waals surface area contributed by atoms with Crippen LogP contribution in [0.4, 0.5) is 0 Å². The van der Waals surface area contributed by atoms with Crippen molar-refractivity contribution < 1.29 is 14.6 Å². The summed E-state index contributed by atoms with van der Waals surface area (Å²) in [5, 5.41) is 10.5. The van der Waals surface area contributed by atoms with Crippen LogP contribution in [0.15, 0.2) is 11.1 Å². The van der Waals surface area contributed by atoms with Gasteiger partial charge < -0.3 is 14.6 Å². The Morgan fingerprint density at radius 2 is 1.89 bits per heavy atom. The number of aliphatic hydroxyl groups excluding tert-OH is 1. The van der Waals surface area contributed by atoms with Crippen LogP contribution in [0.3, 0.4) is 0 Å². The summed E-state index contributed by atoms with van der Waals surface area (Å²) < 4.78 is 11.6. The lowest BCUT2D eigenvalue weighted by molar-refractivity contribution is -0.214. The van der Waals surface area contributed by atoms with Crippen LogP contribution in [-0.4, -0.2) is 31.2 Å². The molecule has 4 aliphatic rings. The van der Waals surface area contributed by atoms with Crippen molar-refractivity contribution in [3.63, 3.8) is 0 Å². The van der Waals surface area contributed by atoms with E-state index in [2.05, 4.69) is 13.8 Å². The Bertz CT molecular complexity index is 590. The first-order valence-corrected chi connectivity index (χ1v) is 11.4. The molecule has 0 aromatic carbocycles. The molecule has 0 unspecified atom stereocenters. The fraction of sp³-hybridized carbons (Fsp3) is 0.917. The van der Waals surface area contributed by atoms with Crippen LogP contribution in [0.25, 0.3) is 0 Å². The van der Waals surface area contributed by atoms with E-state index in [4.69, 9.17) is 9.47 Å². The number of methoxy groups -OCH3 is 2. The van der Waals surface area contributed by atoms with Crippen LogP contribution in [0.2, 0.25) is 0 Å². The van der Waals surface area contributed by atoms with Gasteiger partial charge in [-0.25, -0.2) is 0 Å². The minimum absolute atomic E-state index is 0.161. The van der Waals surface area contributed by atoms with Gasteiger partial charge in [0, 0.05) is 27.1 Å². The van der Waals surface area contributed by atoms with E-state index in [1.54, 1.807) is 25.4 Å². The molecule has 3 nitrogen and oxygen atoms in total. The highest BCUT2D eigenvalue weighted by atomic mass is 16.7. The van der Waals surface area contributed by atoms with Crippen LogP contribution in [0.1, 0.15) is 78.6 Å². The molecule has 154 valence electrons. The average Bonchev–Trinajstić information content (AvgIpc) is 3.03. The molecule has 4 aliphatic carbocycles. The monoisotopic (exact) mass is 376 g/mol. The predicted octanol–water partition coefficient (Wildman–Crippen LogP) is 5.33. The van der Waals surface area contributed by atoms with E-state index in [1.807, 2.05) is 6.92 Å². The summed E-state index contributed by atoms with van der Waals surface area (Å²) in [6.07, 6.45) is 10.6. The van der Waals surface area contributed by atoms with Crippen LogP contribution in [0.5, 0.6) is 0 Å². The molecule has 2 fully saturated rings. The molecule has 0 aliphatic heterocycles. The van der Waals surface area contributed by atoms with Gasteiger partial charge in [0.05, 0.1) is 6.10 Å². The number of allylic oxidation sites excluding steroid dienone is 1. The maximum Gasteiger partial charge on any atom is 0.171 e. The van der Waals surface area contributed by atoms with E-state index in [0.717, 1.165) is 42.9 Å².